The van der Waals surface area contributed by atoms with Crippen LogP contribution in [0.4, 0.5) is 16.4 Å². The lowest BCUT2D eigenvalue weighted by atomic mass is 10.2. The number of benzene rings is 1. The van der Waals surface area contributed by atoms with Crippen molar-refractivity contribution in [3.8, 4) is 0 Å². The van der Waals surface area contributed by atoms with Crippen LogP contribution in [0.1, 0.15) is 16.1 Å². The molecule has 0 aliphatic heterocycles. The van der Waals surface area contributed by atoms with E-state index >= 15 is 0 Å². The Morgan fingerprint density at radius 1 is 1.07 bits per heavy atom. The average molecular weight is 361 g/mol. The molecule has 8 heteroatoms. The van der Waals surface area contributed by atoms with E-state index in [9.17, 15) is 9.59 Å². The molecule has 134 valence electrons. The molecule has 0 spiro atoms. The highest BCUT2D eigenvalue weighted by Crippen LogP contribution is 2.17. The number of amides is 2. The van der Waals surface area contributed by atoms with E-state index < -0.39 is 6.03 Å². The zero-order valence-electron chi connectivity index (χ0n) is 14.3. The van der Waals surface area contributed by atoms with E-state index in [2.05, 4.69) is 20.8 Å². The molecule has 0 saturated carbocycles. The van der Waals surface area contributed by atoms with Gasteiger partial charge in [-0.25, -0.2) is 9.78 Å². The number of carbonyl (C=O) groups excluding carboxylic acids is 2. The fourth-order valence-electron chi connectivity index (χ4n) is 2.70. The summed E-state index contributed by atoms with van der Waals surface area (Å²) in [5.74, 6) is 0.000679. The normalized spacial score (nSPS) is 10.7. The topological polar surface area (TPSA) is 102 Å². The summed E-state index contributed by atoms with van der Waals surface area (Å²) in [6, 6.07) is 13.3. The number of carbonyl (C=O) groups is 2. The minimum atomic E-state index is -0.496. The highest BCUT2D eigenvalue weighted by Gasteiger charge is 2.13. The molecule has 0 unspecified atom stereocenters. The number of rotatable bonds is 3. The highest BCUT2D eigenvalue weighted by atomic mass is 16.5. The van der Waals surface area contributed by atoms with Gasteiger partial charge in [0, 0.05) is 35.1 Å². The molecule has 27 heavy (non-hydrogen) atoms. The fraction of sp³-hybridized carbons (Fsp3) is 0.0526. The largest absolute Gasteiger partial charge is 0.338 e. The zero-order chi connectivity index (χ0) is 18.8. The first-order valence-corrected chi connectivity index (χ1v) is 8.18. The van der Waals surface area contributed by atoms with E-state index in [-0.39, 0.29) is 11.8 Å². The van der Waals surface area contributed by atoms with Crippen molar-refractivity contribution in [3.05, 3.63) is 72.2 Å². The van der Waals surface area contributed by atoms with Crippen LogP contribution in [0.5, 0.6) is 0 Å². The Labute approximate surface area is 153 Å². The second-order valence-electron chi connectivity index (χ2n) is 5.90. The van der Waals surface area contributed by atoms with Crippen LogP contribution in [0.15, 0.2) is 65.4 Å². The number of hydrogen-bond acceptors (Lipinski definition) is 5. The van der Waals surface area contributed by atoms with Crippen LogP contribution >= 0.6 is 0 Å². The Bertz CT molecular complexity index is 1140. The molecular formula is C19H15N5O3. The molecular weight excluding hydrogens is 346 g/mol. The highest BCUT2D eigenvalue weighted by molar-refractivity contribution is 6.03. The van der Waals surface area contributed by atoms with Gasteiger partial charge in [-0.2, -0.15) is 0 Å². The molecule has 3 heterocycles. The van der Waals surface area contributed by atoms with Crippen LogP contribution in [0, 0.1) is 6.92 Å². The van der Waals surface area contributed by atoms with Gasteiger partial charge in [0.2, 0.25) is 5.88 Å². The summed E-state index contributed by atoms with van der Waals surface area (Å²) >= 11 is 0. The second-order valence-corrected chi connectivity index (χ2v) is 5.90. The molecule has 0 fully saturated rings. The molecule has 8 nitrogen and oxygen atoms in total. The van der Waals surface area contributed by atoms with Crippen molar-refractivity contribution >= 4 is 34.5 Å². The maximum Gasteiger partial charge on any atom is 0.326 e. The van der Waals surface area contributed by atoms with Gasteiger partial charge in [-0.1, -0.05) is 11.2 Å². The van der Waals surface area contributed by atoms with Gasteiger partial charge in [0.05, 0.1) is 5.69 Å². The van der Waals surface area contributed by atoms with E-state index in [0.29, 0.717) is 22.6 Å². The summed E-state index contributed by atoms with van der Waals surface area (Å²) in [7, 11) is 0. The SMILES string of the molecule is Cc1cc(NC(=O)Nc2cccc(C(=O)n3ccc4cccnc43)c2)on1. The van der Waals surface area contributed by atoms with Crippen molar-refractivity contribution in [3.63, 3.8) is 0 Å². The molecule has 4 rings (SSSR count). The van der Waals surface area contributed by atoms with Gasteiger partial charge in [0.15, 0.2) is 0 Å². The summed E-state index contributed by atoms with van der Waals surface area (Å²) < 4.78 is 6.42. The Morgan fingerprint density at radius 2 is 1.96 bits per heavy atom. The molecule has 0 bridgehead atoms. The minimum absolute atomic E-state index is 0.237. The number of anilines is 2. The number of aryl methyl sites for hydroxylation is 1. The summed E-state index contributed by atoms with van der Waals surface area (Å²) in [4.78, 5) is 29.1. The van der Waals surface area contributed by atoms with E-state index in [1.54, 1.807) is 49.6 Å². The fourth-order valence-corrected chi connectivity index (χ4v) is 2.70. The van der Waals surface area contributed by atoms with Crippen LogP contribution in [-0.4, -0.2) is 26.6 Å². The summed E-state index contributed by atoms with van der Waals surface area (Å²) in [5.41, 5.74) is 2.13. The van der Waals surface area contributed by atoms with Crippen molar-refractivity contribution in [2.75, 3.05) is 10.6 Å². The number of hydrogen-bond donors (Lipinski definition) is 2. The van der Waals surface area contributed by atoms with Gasteiger partial charge in [0.25, 0.3) is 5.91 Å². The Morgan fingerprint density at radius 3 is 2.78 bits per heavy atom. The molecule has 0 radical (unpaired) electrons. The zero-order valence-corrected chi connectivity index (χ0v) is 14.3. The van der Waals surface area contributed by atoms with Crippen molar-refractivity contribution in [1.82, 2.24) is 14.7 Å². The third-order valence-corrected chi connectivity index (χ3v) is 3.90. The predicted octanol–water partition coefficient (Wildman–Crippen LogP) is 3.67. The van der Waals surface area contributed by atoms with Gasteiger partial charge in [0.1, 0.15) is 5.65 Å². The summed E-state index contributed by atoms with van der Waals surface area (Å²) in [5, 5.41) is 9.77. The number of urea groups is 1. The number of fused-ring (bicyclic) bond motifs is 1. The van der Waals surface area contributed by atoms with Crippen LogP contribution in [0.2, 0.25) is 0 Å². The summed E-state index contributed by atoms with van der Waals surface area (Å²) in [6.45, 7) is 1.75. The molecule has 2 N–H and O–H groups in total. The third kappa shape index (κ3) is 3.40. The van der Waals surface area contributed by atoms with Crippen molar-refractivity contribution < 1.29 is 14.1 Å². The van der Waals surface area contributed by atoms with Gasteiger partial charge in [-0.3, -0.25) is 14.7 Å². The Hall–Kier alpha value is -3.94. The lowest BCUT2D eigenvalue weighted by Crippen LogP contribution is -2.19. The van der Waals surface area contributed by atoms with E-state index in [1.165, 1.54) is 4.57 Å². The molecule has 2 amide bonds. The third-order valence-electron chi connectivity index (χ3n) is 3.90. The van der Waals surface area contributed by atoms with Crippen LogP contribution < -0.4 is 10.6 Å². The van der Waals surface area contributed by atoms with Gasteiger partial charge in [-0.15, -0.1) is 0 Å². The predicted molar refractivity (Wildman–Crippen MR) is 99.8 cm³/mol. The summed E-state index contributed by atoms with van der Waals surface area (Å²) in [6.07, 6.45) is 3.32. The van der Waals surface area contributed by atoms with E-state index in [0.717, 1.165) is 5.39 Å². The first-order valence-electron chi connectivity index (χ1n) is 8.18. The Balaban J connectivity index is 1.53. The maximum atomic E-state index is 12.8. The lowest BCUT2D eigenvalue weighted by molar-refractivity contribution is 0.0964. The Kier molecular flexibility index (Phi) is 4.13. The standard InChI is InChI=1S/C19H15N5O3/c1-12-10-16(27-23-12)22-19(26)21-15-6-2-4-14(11-15)18(25)24-9-7-13-5-3-8-20-17(13)24/h2-11H,1H3,(H2,21,22,26). The monoisotopic (exact) mass is 361 g/mol. The molecule has 0 atom stereocenters. The van der Waals surface area contributed by atoms with Crippen LogP contribution in [-0.2, 0) is 0 Å². The average Bonchev–Trinajstić information content (AvgIpc) is 3.27. The quantitative estimate of drug-likeness (QED) is 0.580. The number of nitrogens with zero attached hydrogens (tertiary/aromatic N) is 3. The second kappa shape index (κ2) is 6.75. The number of nitrogens with one attached hydrogen (secondary N) is 2. The van der Waals surface area contributed by atoms with E-state index in [4.69, 9.17) is 4.52 Å². The number of pyridine rings is 1. The van der Waals surface area contributed by atoms with Crippen LogP contribution in [0.25, 0.3) is 11.0 Å². The number of aromatic nitrogens is 3. The molecule has 1 aromatic carbocycles. The minimum Gasteiger partial charge on any atom is -0.338 e. The molecule has 0 saturated heterocycles. The van der Waals surface area contributed by atoms with Gasteiger partial charge in [-0.05, 0) is 43.3 Å². The maximum absolute atomic E-state index is 12.8. The first-order chi connectivity index (χ1) is 13.1. The molecule has 0 aliphatic carbocycles. The van der Waals surface area contributed by atoms with Gasteiger partial charge < -0.3 is 9.84 Å². The van der Waals surface area contributed by atoms with Crippen LogP contribution in [0.3, 0.4) is 0 Å². The smallest absolute Gasteiger partial charge is 0.326 e. The van der Waals surface area contributed by atoms with Crippen molar-refractivity contribution in [2.24, 2.45) is 0 Å². The lowest BCUT2D eigenvalue weighted by Gasteiger charge is -2.08. The van der Waals surface area contributed by atoms with Crippen molar-refractivity contribution in [2.45, 2.75) is 6.92 Å². The molecule has 4 aromatic rings. The van der Waals surface area contributed by atoms with E-state index in [1.807, 2.05) is 18.2 Å². The first kappa shape index (κ1) is 16.5. The van der Waals surface area contributed by atoms with Gasteiger partial charge >= 0.3 is 6.03 Å². The molecule has 0 aliphatic rings. The molecule has 3 aromatic heterocycles. The van der Waals surface area contributed by atoms with Crippen molar-refractivity contribution in [1.29, 1.82) is 0 Å².